The minimum atomic E-state index is -4.71. The number of hydrogen-bond donors (Lipinski definition) is 4. The highest BCUT2D eigenvalue weighted by molar-refractivity contribution is 7.90. The molecule has 0 saturated heterocycles. The lowest BCUT2D eigenvalue weighted by molar-refractivity contribution is -0.138. The van der Waals surface area contributed by atoms with Crippen molar-refractivity contribution in [2.45, 2.75) is 56.0 Å². The van der Waals surface area contributed by atoms with E-state index in [0.717, 1.165) is 29.8 Å². The van der Waals surface area contributed by atoms with Crippen LogP contribution in [0, 0.1) is 12.3 Å². The second-order valence-corrected chi connectivity index (χ2v) is 17.3. The number of benzene rings is 2. The van der Waals surface area contributed by atoms with Crippen molar-refractivity contribution >= 4 is 52.4 Å². The van der Waals surface area contributed by atoms with Gasteiger partial charge in [-0.3, -0.25) is 19.5 Å². The highest BCUT2D eigenvalue weighted by atomic mass is 35.5. The summed E-state index contributed by atoms with van der Waals surface area (Å²) in [4.78, 5) is 50.1. The molecule has 2 heterocycles. The average Bonchev–Trinajstić information content (AvgIpc) is 3.65. The molecule has 0 atom stereocenters. The zero-order chi connectivity index (χ0) is 42.4. The first-order valence-corrected chi connectivity index (χ1v) is 20.2. The predicted octanol–water partition coefficient (Wildman–Crippen LogP) is 5.44. The molecule has 0 spiro atoms. The lowest BCUT2D eigenvalue weighted by Gasteiger charge is -2.11. The zero-order valence-electron chi connectivity index (χ0n) is 29.8. The van der Waals surface area contributed by atoms with Crippen LogP contribution in [0.1, 0.15) is 72.7 Å². The molecular formula is C33H34Cl2F3N4O12PS. The van der Waals surface area contributed by atoms with Gasteiger partial charge in [0.05, 0.1) is 50.8 Å². The van der Waals surface area contributed by atoms with E-state index in [0.29, 0.717) is 35.2 Å². The van der Waals surface area contributed by atoms with E-state index in [4.69, 9.17) is 58.2 Å². The summed E-state index contributed by atoms with van der Waals surface area (Å²) in [5.41, 5.74) is -1.47. The molecule has 56 heavy (non-hydrogen) atoms. The number of alkyl halides is 3. The number of halogens is 5. The Balaban J connectivity index is 0.000000244. The van der Waals surface area contributed by atoms with Gasteiger partial charge >= 0.3 is 25.5 Å². The molecule has 0 amide bonds. The van der Waals surface area contributed by atoms with Crippen LogP contribution in [0.5, 0.6) is 5.75 Å². The summed E-state index contributed by atoms with van der Waals surface area (Å²) < 4.78 is 88.9. The van der Waals surface area contributed by atoms with Crippen molar-refractivity contribution in [2.24, 2.45) is 0 Å². The second-order valence-electron chi connectivity index (χ2n) is 12.9. The number of ether oxygens (including phenoxy) is 1. The van der Waals surface area contributed by atoms with Gasteiger partial charge in [0.25, 0.3) is 0 Å². The molecule has 23 heteroatoms. The number of carbonyl (C=O) groups excluding carboxylic acids is 1. The van der Waals surface area contributed by atoms with E-state index in [1.54, 1.807) is 0 Å². The van der Waals surface area contributed by atoms with E-state index >= 15 is 0 Å². The van der Waals surface area contributed by atoms with E-state index in [9.17, 15) is 40.5 Å². The van der Waals surface area contributed by atoms with Crippen molar-refractivity contribution in [1.29, 1.82) is 0 Å². The van der Waals surface area contributed by atoms with Crippen LogP contribution in [0.2, 0.25) is 10.0 Å². The molecule has 304 valence electrons. The van der Waals surface area contributed by atoms with E-state index < -0.39 is 69.8 Å². The number of ketones is 1. The highest BCUT2D eigenvalue weighted by Gasteiger charge is 2.36. The lowest BCUT2D eigenvalue weighted by atomic mass is 9.97. The van der Waals surface area contributed by atoms with Gasteiger partial charge in [0.15, 0.2) is 21.4 Å². The molecule has 16 nitrogen and oxygen atoms in total. The molecule has 1 aliphatic rings. The van der Waals surface area contributed by atoms with Gasteiger partial charge < -0.3 is 28.6 Å². The molecule has 2 aromatic heterocycles. The smallest absolute Gasteiger partial charge is 0.442 e. The minimum Gasteiger partial charge on any atom is -0.480 e. The molecule has 1 fully saturated rings. The third-order valence-electron chi connectivity index (χ3n) is 7.07. The number of hydrogen-bond acceptors (Lipinski definition) is 12. The Morgan fingerprint density at radius 1 is 1.12 bits per heavy atom. The Bertz CT molecular complexity index is 2340. The third-order valence-corrected chi connectivity index (χ3v) is 9.44. The van der Waals surface area contributed by atoms with E-state index in [1.807, 2.05) is 20.8 Å². The summed E-state index contributed by atoms with van der Waals surface area (Å²) in [5, 5.41) is 18.3. The summed E-state index contributed by atoms with van der Waals surface area (Å²) in [5.74, 6) is 0.837. The fourth-order valence-electron chi connectivity index (χ4n) is 4.35. The second kappa shape index (κ2) is 18.2. The monoisotopic (exact) mass is 868 g/mol. The van der Waals surface area contributed by atoms with Gasteiger partial charge in [-0.25, -0.2) is 13.2 Å². The molecule has 1 aliphatic carbocycles. The molecule has 5 rings (SSSR count). The molecule has 0 aliphatic heterocycles. The molecule has 4 aromatic rings. The first kappa shape index (κ1) is 45.9. The van der Waals surface area contributed by atoms with Gasteiger partial charge in [0.1, 0.15) is 12.4 Å². The number of aliphatic carboxylic acids is 1. The van der Waals surface area contributed by atoms with Crippen LogP contribution in [0.4, 0.5) is 13.2 Å². The SMILES string of the molecule is C#CCOc1cc(-n2nc(C(C)(C)C)oc2=O)c(Cl)cc1Cl.CS(=O)(=O)c1cc(C(F)(F)F)ccc1C(=O)c1cnoc1C1CC1.O=C(O)CNCP(=O)(O)O. The van der Waals surface area contributed by atoms with Crippen molar-refractivity contribution < 1.29 is 64.3 Å². The predicted molar refractivity (Wildman–Crippen MR) is 194 cm³/mol. The first-order valence-electron chi connectivity index (χ1n) is 15.8. The van der Waals surface area contributed by atoms with Gasteiger partial charge in [-0.2, -0.15) is 17.9 Å². The van der Waals surface area contributed by atoms with Crippen molar-refractivity contribution in [3.63, 3.8) is 0 Å². The summed E-state index contributed by atoms with van der Waals surface area (Å²) in [6, 6.07) is 5.00. The Morgan fingerprint density at radius 3 is 2.27 bits per heavy atom. The van der Waals surface area contributed by atoms with Crippen LogP contribution in [0.3, 0.4) is 0 Å². The third kappa shape index (κ3) is 13.0. The number of nitrogens with zero attached hydrogens (tertiary/aromatic N) is 3. The molecule has 2 aromatic carbocycles. The van der Waals surface area contributed by atoms with Crippen molar-refractivity contribution in [3.05, 3.63) is 85.5 Å². The van der Waals surface area contributed by atoms with Crippen LogP contribution in [0.15, 0.2) is 55.2 Å². The number of carboxylic acids is 1. The maximum atomic E-state index is 12.8. The maximum Gasteiger partial charge on any atom is 0.442 e. The van der Waals surface area contributed by atoms with Crippen LogP contribution in [0.25, 0.3) is 5.69 Å². The number of carboxylic acid groups (broad SMARTS) is 1. The van der Waals surface area contributed by atoms with Crippen LogP contribution in [-0.4, -0.2) is 75.7 Å². The summed E-state index contributed by atoms with van der Waals surface area (Å²) >= 11 is 12.2. The molecule has 0 bridgehead atoms. The fraction of sp³-hybridized carbons (Fsp3) is 0.364. The summed E-state index contributed by atoms with van der Waals surface area (Å²) in [6.45, 7) is 5.25. The number of nitrogens with one attached hydrogen (secondary N) is 1. The quantitative estimate of drug-likeness (QED) is 0.0833. The zero-order valence-corrected chi connectivity index (χ0v) is 33.0. The Hall–Kier alpha value is -4.48. The summed E-state index contributed by atoms with van der Waals surface area (Å²) in [7, 11) is -8.14. The average molecular weight is 870 g/mol. The molecule has 4 N–H and O–H groups in total. The van der Waals surface area contributed by atoms with Crippen LogP contribution >= 0.6 is 30.8 Å². The van der Waals surface area contributed by atoms with Crippen molar-refractivity contribution in [2.75, 3.05) is 25.7 Å². The Kier molecular flexibility index (Phi) is 14.9. The molecule has 0 unspecified atom stereocenters. The van der Waals surface area contributed by atoms with Gasteiger partial charge in [-0.05, 0) is 37.1 Å². The lowest BCUT2D eigenvalue weighted by Crippen LogP contribution is -2.23. The number of sulfone groups is 1. The Labute approximate surface area is 327 Å². The van der Waals surface area contributed by atoms with Crippen molar-refractivity contribution in [3.8, 4) is 23.8 Å². The molecule has 1 saturated carbocycles. The molecule has 0 radical (unpaired) electrons. The highest BCUT2D eigenvalue weighted by Crippen LogP contribution is 2.42. The maximum absolute atomic E-state index is 12.8. The van der Waals surface area contributed by atoms with Gasteiger partial charge in [0.2, 0.25) is 5.89 Å². The van der Waals surface area contributed by atoms with E-state index in [2.05, 4.69) is 21.5 Å². The topological polar surface area (TPSA) is 241 Å². The fourth-order valence-corrected chi connectivity index (χ4v) is 6.17. The summed E-state index contributed by atoms with van der Waals surface area (Å²) in [6.07, 6.45) is 3.41. The van der Waals surface area contributed by atoms with Crippen LogP contribution < -0.4 is 15.8 Å². The number of terminal acetylenes is 1. The number of carbonyl (C=O) groups is 2. The normalized spacial score (nSPS) is 13.1. The Morgan fingerprint density at radius 2 is 1.77 bits per heavy atom. The largest absolute Gasteiger partial charge is 0.480 e. The van der Waals surface area contributed by atoms with Gasteiger partial charge in [0, 0.05) is 29.2 Å². The van der Waals surface area contributed by atoms with Gasteiger partial charge in [-0.1, -0.05) is 55.1 Å². The number of aromatic nitrogens is 3. The standard InChI is InChI=1S/C15H14Cl2N2O3.C15H12F3NO4S.C3H8NO5P/c1-5-6-21-12-8-11(9(16)7-10(12)17)19-14(20)22-13(18-19)15(2,3)4;1-24(21,22)12-6-9(15(16,17)18)4-5-10(12)13(20)11-7-19-23-14(11)8-2-3-8;5-3(6)1-4-2-10(7,8)9/h1,7-8H,6H2,2-4H3;4-8H,2-3H2,1H3;4H,1-2H2,(H,5,6)(H2,7,8,9). The van der Waals surface area contributed by atoms with Crippen molar-refractivity contribution in [1.82, 2.24) is 20.3 Å². The minimum absolute atomic E-state index is 0.0434. The number of rotatable bonds is 11. The van der Waals surface area contributed by atoms with E-state index in [-0.39, 0.29) is 33.7 Å². The van der Waals surface area contributed by atoms with E-state index in [1.165, 1.54) is 18.3 Å². The first-order chi connectivity index (χ1) is 25.7. The van der Waals surface area contributed by atoms with Gasteiger partial charge in [-0.15, -0.1) is 11.5 Å². The van der Waals surface area contributed by atoms with Crippen LogP contribution in [-0.2, 0) is 30.8 Å². The molecular weight excluding hydrogens is 835 g/mol.